The van der Waals surface area contributed by atoms with E-state index in [4.69, 9.17) is 4.74 Å². The number of morpholine rings is 1. The molecule has 10 heteroatoms. The van der Waals surface area contributed by atoms with Gasteiger partial charge in [-0.25, -0.2) is 13.8 Å². The van der Waals surface area contributed by atoms with Gasteiger partial charge in [0, 0.05) is 24.3 Å². The van der Waals surface area contributed by atoms with E-state index in [1.165, 1.54) is 28.6 Å². The molecule has 1 heterocycles. The summed E-state index contributed by atoms with van der Waals surface area (Å²) >= 11 is 0. The lowest BCUT2D eigenvalue weighted by Gasteiger charge is -2.26. The summed E-state index contributed by atoms with van der Waals surface area (Å²) in [6.45, 7) is 4.75. The summed E-state index contributed by atoms with van der Waals surface area (Å²) in [7, 11) is -3.71. The molecule has 9 nitrogen and oxygen atoms in total. The van der Waals surface area contributed by atoms with Crippen molar-refractivity contribution in [2.24, 2.45) is 0 Å². The molecule has 2 amide bonds. The minimum absolute atomic E-state index is 0.0345. The molecule has 0 aliphatic carbocycles. The first-order valence-electron chi connectivity index (χ1n) is 9.89. The standard InChI is InChI=1S/C21H26N4O5S/c1-15-5-3-7-18(13-15)22-20(26)16(2)23-24-21(27)17-6-4-8-19(14-17)31(28,29)25-9-11-30-12-10-25/h3-8,13-14,16,23H,9-12H2,1-2H3,(H,22,26)(H,24,27). The highest BCUT2D eigenvalue weighted by molar-refractivity contribution is 7.89. The average Bonchev–Trinajstić information content (AvgIpc) is 2.78. The number of hydrazine groups is 1. The lowest BCUT2D eigenvalue weighted by Crippen LogP contribution is -2.48. The molecule has 2 aromatic carbocycles. The molecule has 0 spiro atoms. The molecular formula is C21H26N4O5S. The van der Waals surface area contributed by atoms with Gasteiger partial charge in [0.1, 0.15) is 6.04 Å². The average molecular weight is 447 g/mol. The number of carbonyl (C=O) groups is 2. The number of amides is 2. The second-order valence-electron chi connectivity index (χ2n) is 7.22. The fraction of sp³-hybridized carbons (Fsp3) is 0.333. The van der Waals surface area contributed by atoms with Crippen molar-refractivity contribution in [1.29, 1.82) is 0 Å². The quantitative estimate of drug-likeness (QED) is 0.552. The van der Waals surface area contributed by atoms with Crippen LogP contribution in [0.25, 0.3) is 0 Å². The van der Waals surface area contributed by atoms with Crippen LogP contribution in [0, 0.1) is 6.92 Å². The number of hydrogen-bond donors (Lipinski definition) is 3. The smallest absolute Gasteiger partial charge is 0.265 e. The summed E-state index contributed by atoms with van der Waals surface area (Å²) in [5.74, 6) is -0.872. The van der Waals surface area contributed by atoms with Gasteiger partial charge in [-0.2, -0.15) is 4.31 Å². The molecule has 0 bridgehead atoms. The first-order chi connectivity index (χ1) is 14.8. The van der Waals surface area contributed by atoms with Crippen molar-refractivity contribution in [3.8, 4) is 0 Å². The van der Waals surface area contributed by atoms with Crippen LogP contribution in [0.4, 0.5) is 5.69 Å². The highest BCUT2D eigenvalue weighted by Crippen LogP contribution is 2.18. The van der Waals surface area contributed by atoms with E-state index < -0.39 is 22.0 Å². The highest BCUT2D eigenvalue weighted by Gasteiger charge is 2.27. The van der Waals surface area contributed by atoms with E-state index in [2.05, 4.69) is 16.2 Å². The van der Waals surface area contributed by atoms with Crippen LogP contribution in [-0.2, 0) is 19.6 Å². The largest absolute Gasteiger partial charge is 0.379 e. The minimum Gasteiger partial charge on any atom is -0.379 e. The van der Waals surface area contributed by atoms with Crippen LogP contribution in [0.1, 0.15) is 22.8 Å². The zero-order chi connectivity index (χ0) is 22.4. The van der Waals surface area contributed by atoms with Crippen molar-refractivity contribution in [3.05, 3.63) is 59.7 Å². The van der Waals surface area contributed by atoms with Gasteiger partial charge < -0.3 is 10.1 Å². The molecule has 166 valence electrons. The Bertz CT molecular complexity index is 1050. The monoisotopic (exact) mass is 446 g/mol. The van der Waals surface area contributed by atoms with Crippen LogP contribution >= 0.6 is 0 Å². The van der Waals surface area contributed by atoms with E-state index in [0.717, 1.165) is 5.56 Å². The maximum absolute atomic E-state index is 12.8. The van der Waals surface area contributed by atoms with Crippen molar-refractivity contribution in [2.75, 3.05) is 31.6 Å². The van der Waals surface area contributed by atoms with E-state index >= 15 is 0 Å². The number of anilines is 1. The Morgan fingerprint density at radius 3 is 2.48 bits per heavy atom. The molecule has 31 heavy (non-hydrogen) atoms. The van der Waals surface area contributed by atoms with Crippen molar-refractivity contribution in [2.45, 2.75) is 24.8 Å². The topological polar surface area (TPSA) is 117 Å². The molecule has 1 unspecified atom stereocenters. The lowest BCUT2D eigenvalue weighted by atomic mass is 10.2. The molecule has 2 aromatic rings. The maximum atomic E-state index is 12.8. The molecule has 3 rings (SSSR count). The fourth-order valence-electron chi connectivity index (χ4n) is 3.02. The van der Waals surface area contributed by atoms with E-state index in [0.29, 0.717) is 18.9 Å². The van der Waals surface area contributed by atoms with Gasteiger partial charge in [0.2, 0.25) is 15.9 Å². The minimum atomic E-state index is -3.71. The number of hydrogen-bond acceptors (Lipinski definition) is 6. The zero-order valence-corrected chi connectivity index (χ0v) is 18.2. The second kappa shape index (κ2) is 10.0. The Labute approximate surface area is 181 Å². The van der Waals surface area contributed by atoms with Gasteiger partial charge in [-0.05, 0) is 49.7 Å². The molecule has 0 aromatic heterocycles. The molecule has 1 saturated heterocycles. The molecule has 1 atom stereocenters. The van der Waals surface area contributed by atoms with E-state index in [1.807, 2.05) is 25.1 Å². The maximum Gasteiger partial charge on any atom is 0.265 e. The van der Waals surface area contributed by atoms with E-state index in [9.17, 15) is 18.0 Å². The molecule has 1 aliphatic rings. The van der Waals surface area contributed by atoms with Gasteiger partial charge in [-0.15, -0.1) is 0 Å². The van der Waals surface area contributed by atoms with Gasteiger partial charge in [0.15, 0.2) is 0 Å². The van der Waals surface area contributed by atoms with Gasteiger partial charge >= 0.3 is 0 Å². The third-order valence-electron chi connectivity index (χ3n) is 4.79. The Hall–Kier alpha value is -2.79. The van der Waals surface area contributed by atoms with Gasteiger partial charge in [-0.1, -0.05) is 18.2 Å². The van der Waals surface area contributed by atoms with Crippen LogP contribution < -0.4 is 16.2 Å². The normalized spacial score (nSPS) is 15.8. The third kappa shape index (κ3) is 5.88. The number of sulfonamides is 1. The number of carbonyl (C=O) groups excluding carboxylic acids is 2. The lowest BCUT2D eigenvalue weighted by molar-refractivity contribution is -0.117. The molecular weight excluding hydrogens is 420 g/mol. The summed E-state index contributed by atoms with van der Waals surface area (Å²) in [6.07, 6.45) is 0. The highest BCUT2D eigenvalue weighted by atomic mass is 32.2. The number of benzene rings is 2. The third-order valence-corrected chi connectivity index (χ3v) is 6.68. The van der Waals surface area contributed by atoms with Gasteiger partial charge in [0.05, 0.1) is 18.1 Å². The van der Waals surface area contributed by atoms with Crippen molar-refractivity contribution < 1.29 is 22.7 Å². The van der Waals surface area contributed by atoms with Crippen LogP contribution in [0.15, 0.2) is 53.4 Å². The number of ether oxygens (including phenoxy) is 1. The summed E-state index contributed by atoms with van der Waals surface area (Å²) in [5, 5.41) is 2.76. The summed E-state index contributed by atoms with van der Waals surface area (Å²) in [4.78, 5) is 24.8. The first kappa shape index (κ1) is 22.9. The number of rotatable bonds is 7. The van der Waals surface area contributed by atoms with Gasteiger partial charge in [0.25, 0.3) is 5.91 Å². The summed E-state index contributed by atoms with van der Waals surface area (Å²) in [6, 6.07) is 12.4. The Morgan fingerprint density at radius 2 is 1.77 bits per heavy atom. The van der Waals surface area contributed by atoms with Crippen LogP contribution in [-0.4, -0.2) is 56.9 Å². The van der Waals surface area contributed by atoms with Crippen molar-refractivity contribution in [1.82, 2.24) is 15.2 Å². The molecule has 1 fully saturated rings. The Kier molecular flexibility index (Phi) is 7.39. The van der Waals surface area contributed by atoms with Crippen LogP contribution in [0.3, 0.4) is 0 Å². The predicted molar refractivity (Wildman–Crippen MR) is 116 cm³/mol. The number of nitrogens with one attached hydrogen (secondary N) is 3. The molecule has 0 radical (unpaired) electrons. The van der Waals surface area contributed by atoms with E-state index in [-0.39, 0.29) is 29.5 Å². The summed E-state index contributed by atoms with van der Waals surface area (Å²) in [5.41, 5.74) is 6.94. The number of nitrogens with zero attached hydrogens (tertiary/aromatic N) is 1. The fourth-order valence-corrected chi connectivity index (χ4v) is 4.47. The Morgan fingerprint density at radius 1 is 1.06 bits per heavy atom. The van der Waals surface area contributed by atoms with Gasteiger partial charge in [-0.3, -0.25) is 15.0 Å². The Balaban J connectivity index is 1.60. The first-order valence-corrected chi connectivity index (χ1v) is 11.3. The van der Waals surface area contributed by atoms with Crippen molar-refractivity contribution >= 4 is 27.5 Å². The predicted octanol–water partition coefficient (Wildman–Crippen LogP) is 1.28. The summed E-state index contributed by atoms with van der Waals surface area (Å²) < 4.78 is 32.1. The molecule has 0 saturated carbocycles. The molecule has 3 N–H and O–H groups in total. The van der Waals surface area contributed by atoms with Crippen LogP contribution in [0.5, 0.6) is 0 Å². The van der Waals surface area contributed by atoms with Crippen LogP contribution in [0.2, 0.25) is 0 Å². The van der Waals surface area contributed by atoms with E-state index in [1.54, 1.807) is 13.0 Å². The SMILES string of the molecule is Cc1cccc(NC(=O)C(C)NNC(=O)c2cccc(S(=O)(=O)N3CCOCC3)c2)c1. The number of aryl methyl sites for hydroxylation is 1. The second-order valence-corrected chi connectivity index (χ2v) is 9.16. The zero-order valence-electron chi connectivity index (χ0n) is 17.4. The molecule has 1 aliphatic heterocycles. The van der Waals surface area contributed by atoms with Crippen molar-refractivity contribution in [3.63, 3.8) is 0 Å².